The Morgan fingerprint density at radius 3 is 2.58 bits per heavy atom. The van der Waals surface area contributed by atoms with E-state index in [2.05, 4.69) is 11.9 Å². The van der Waals surface area contributed by atoms with Crippen molar-refractivity contribution < 1.29 is 4.74 Å². The van der Waals surface area contributed by atoms with Crippen LogP contribution < -0.4 is 10.6 Å². The molecular weight excluding hydrogens is 258 g/mol. The molecule has 19 heavy (non-hydrogen) atoms. The summed E-state index contributed by atoms with van der Waals surface area (Å²) < 4.78 is 5.20. The number of ether oxygens (including phenoxy) is 1. The first-order chi connectivity index (χ1) is 9.26. The van der Waals surface area contributed by atoms with E-state index in [-0.39, 0.29) is 0 Å². The molecule has 1 aromatic rings. The number of hydrogen-bond acceptors (Lipinski definition) is 5. The van der Waals surface area contributed by atoms with Crippen molar-refractivity contribution in [3.05, 3.63) is 10.6 Å². The molecule has 0 aliphatic heterocycles. The molecule has 0 bridgehead atoms. The average Bonchev–Trinajstić information content (AvgIpc) is 2.64. The lowest BCUT2D eigenvalue weighted by Gasteiger charge is -2.26. The van der Waals surface area contributed by atoms with E-state index in [0.717, 1.165) is 15.7 Å². The highest BCUT2D eigenvalue weighted by atomic mass is 32.1. The average molecular weight is 283 g/mol. The summed E-state index contributed by atoms with van der Waals surface area (Å²) in [5, 5.41) is 1.10. The molecule has 1 aliphatic carbocycles. The zero-order valence-corrected chi connectivity index (χ0v) is 12.8. The SMILES string of the molecule is COCc1nc(N(C)C2CCCCCC2)sc1CN. The van der Waals surface area contributed by atoms with E-state index < -0.39 is 0 Å². The van der Waals surface area contributed by atoms with Gasteiger partial charge in [-0.3, -0.25) is 0 Å². The van der Waals surface area contributed by atoms with Crippen LogP contribution in [-0.4, -0.2) is 25.2 Å². The fourth-order valence-electron chi connectivity index (χ4n) is 2.73. The fraction of sp³-hybridized carbons (Fsp3) is 0.786. The highest BCUT2D eigenvalue weighted by molar-refractivity contribution is 7.15. The van der Waals surface area contributed by atoms with Gasteiger partial charge in [0.25, 0.3) is 0 Å². The van der Waals surface area contributed by atoms with Gasteiger partial charge < -0.3 is 15.4 Å². The lowest BCUT2D eigenvalue weighted by molar-refractivity contribution is 0.181. The zero-order valence-electron chi connectivity index (χ0n) is 12.0. The summed E-state index contributed by atoms with van der Waals surface area (Å²) in [6.07, 6.45) is 8.02. The van der Waals surface area contributed by atoms with Crippen molar-refractivity contribution in [3.8, 4) is 0 Å². The second-order valence-electron chi connectivity index (χ2n) is 5.26. The van der Waals surface area contributed by atoms with Gasteiger partial charge in [0, 0.05) is 31.6 Å². The summed E-state index contributed by atoms with van der Waals surface area (Å²) in [6.45, 7) is 1.11. The monoisotopic (exact) mass is 283 g/mol. The van der Waals surface area contributed by atoms with Crippen molar-refractivity contribution >= 4 is 16.5 Å². The van der Waals surface area contributed by atoms with Gasteiger partial charge in [-0.25, -0.2) is 4.98 Å². The Bertz CT molecular complexity index is 386. The second-order valence-corrected chi connectivity index (χ2v) is 6.32. The van der Waals surface area contributed by atoms with Crippen LogP contribution in [-0.2, 0) is 17.9 Å². The highest BCUT2D eigenvalue weighted by Crippen LogP contribution is 2.30. The molecule has 0 saturated heterocycles. The van der Waals surface area contributed by atoms with E-state index in [4.69, 9.17) is 15.5 Å². The molecule has 1 fully saturated rings. The van der Waals surface area contributed by atoms with Crippen molar-refractivity contribution in [2.24, 2.45) is 5.73 Å². The number of nitrogens with zero attached hydrogens (tertiary/aromatic N) is 2. The van der Waals surface area contributed by atoms with Gasteiger partial charge in [0.2, 0.25) is 0 Å². The summed E-state index contributed by atoms with van der Waals surface area (Å²) in [7, 11) is 3.88. The summed E-state index contributed by atoms with van der Waals surface area (Å²) in [6, 6.07) is 0.634. The Morgan fingerprint density at radius 2 is 2.00 bits per heavy atom. The quantitative estimate of drug-likeness (QED) is 0.844. The van der Waals surface area contributed by atoms with Gasteiger partial charge in [-0.05, 0) is 12.8 Å². The molecule has 1 heterocycles. The lowest BCUT2D eigenvalue weighted by Crippen LogP contribution is -2.30. The molecule has 0 aromatic carbocycles. The number of methoxy groups -OCH3 is 1. The van der Waals surface area contributed by atoms with Crippen LogP contribution in [0.2, 0.25) is 0 Å². The van der Waals surface area contributed by atoms with Crippen molar-refractivity contribution in [1.82, 2.24) is 4.98 Å². The Kier molecular flexibility index (Phi) is 5.60. The molecule has 1 aliphatic rings. The normalized spacial score (nSPS) is 17.4. The second kappa shape index (κ2) is 7.22. The van der Waals surface area contributed by atoms with E-state index in [1.807, 2.05) is 0 Å². The number of rotatable bonds is 5. The van der Waals surface area contributed by atoms with Gasteiger partial charge in [-0.1, -0.05) is 25.7 Å². The van der Waals surface area contributed by atoms with Crippen molar-refractivity contribution in [3.63, 3.8) is 0 Å². The van der Waals surface area contributed by atoms with Crippen molar-refractivity contribution in [2.75, 3.05) is 19.1 Å². The lowest BCUT2D eigenvalue weighted by atomic mass is 10.1. The number of thiazole rings is 1. The van der Waals surface area contributed by atoms with E-state index >= 15 is 0 Å². The molecule has 108 valence electrons. The van der Waals surface area contributed by atoms with Gasteiger partial charge >= 0.3 is 0 Å². The third-order valence-corrected chi connectivity index (χ3v) is 5.12. The summed E-state index contributed by atoms with van der Waals surface area (Å²) in [5.41, 5.74) is 6.80. The molecule has 0 spiro atoms. The maximum atomic E-state index is 5.79. The molecule has 0 unspecified atom stereocenters. The number of aromatic nitrogens is 1. The summed E-state index contributed by atoms with van der Waals surface area (Å²) in [4.78, 5) is 8.22. The third kappa shape index (κ3) is 3.68. The van der Waals surface area contributed by atoms with Crippen LogP contribution in [0.1, 0.15) is 49.1 Å². The van der Waals surface area contributed by atoms with Gasteiger partial charge in [0.05, 0.1) is 12.3 Å². The summed E-state index contributed by atoms with van der Waals surface area (Å²) in [5.74, 6) is 0. The molecule has 0 amide bonds. The minimum atomic E-state index is 0.550. The highest BCUT2D eigenvalue weighted by Gasteiger charge is 2.21. The zero-order chi connectivity index (χ0) is 13.7. The van der Waals surface area contributed by atoms with Crippen LogP contribution in [0.3, 0.4) is 0 Å². The third-order valence-electron chi connectivity index (χ3n) is 3.91. The first-order valence-electron chi connectivity index (χ1n) is 7.16. The molecule has 2 rings (SSSR count). The van der Waals surface area contributed by atoms with Crippen LogP contribution in [0.5, 0.6) is 0 Å². The van der Waals surface area contributed by atoms with Crippen LogP contribution in [0.25, 0.3) is 0 Å². The standard InChI is InChI=1S/C14H25N3OS/c1-17(11-7-5-3-4-6-8-11)14-16-12(10-18-2)13(9-15)19-14/h11H,3-10,15H2,1-2H3. The molecule has 0 atom stereocenters. The molecule has 2 N–H and O–H groups in total. The van der Waals surface area contributed by atoms with Crippen molar-refractivity contribution in [2.45, 2.75) is 57.7 Å². The minimum absolute atomic E-state index is 0.550. The number of nitrogens with two attached hydrogens (primary N) is 1. The largest absolute Gasteiger partial charge is 0.378 e. The Morgan fingerprint density at radius 1 is 1.32 bits per heavy atom. The number of hydrogen-bond donors (Lipinski definition) is 1. The molecule has 5 heteroatoms. The molecule has 1 saturated carbocycles. The maximum Gasteiger partial charge on any atom is 0.185 e. The van der Waals surface area contributed by atoms with Crippen LogP contribution in [0.4, 0.5) is 5.13 Å². The first kappa shape index (κ1) is 14.8. The van der Waals surface area contributed by atoms with Gasteiger partial charge in [-0.15, -0.1) is 11.3 Å². The fourth-order valence-corrected chi connectivity index (χ4v) is 3.71. The molecule has 1 aromatic heterocycles. The van der Waals surface area contributed by atoms with E-state index in [1.54, 1.807) is 18.4 Å². The Balaban J connectivity index is 2.10. The maximum absolute atomic E-state index is 5.79. The van der Waals surface area contributed by atoms with E-state index in [1.165, 1.54) is 38.5 Å². The smallest absolute Gasteiger partial charge is 0.185 e. The van der Waals surface area contributed by atoms with Crippen molar-refractivity contribution in [1.29, 1.82) is 0 Å². The molecule has 0 radical (unpaired) electrons. The van der Waals surface area contributed by atoms with Crippen LogP contribution in [0.15, 0.2) is 0 Å². The molecular formula is C14H25N3OS. The molecule has 4 nitrogen and oxygen atoms in total. The Hall–Kier alpha value is -0.650. The van der Waals surface area contributed by atoms with Gasteiger partial charge in [0.15, 0.2) is 5.13 Å². The minimum Gasteiger partial charge on any atom is -0.378 e. The topological polar surface area (TPSA) is 51.4 Å². The van der Waals surface area contributed by atoms with Crippen LogP contribution in [0, 0.1) is 0 Å². The van der Waals surface area contributed by atoms with E-state index in [0.29, 0.717) is 19.2 Å². The summed E-state index contributed by atoms with van der Waals surface area (Å²) >= 11 is 1.72. The van der Waals surface area contributed by atoms with E-state index in [9.17, 15) is 0 Å². The van der Waals surface area contributed by atoms with Crippen LogP contribution >= 0.6 is 11.3 Å². The Labute approximate surface area is 120 Å². The number of anilines is 1. The predicted molar refractivity (Wildman–Crippen MR) is 80.6 cm³/mol. The van der Waals surface area contributed by atoms with Gasteiger partial charge in [-0.2, -0.15) is 0 Å². The van der Waals surface area contributed by atoms with Gasteiger partial charge in [0.1, 0.15) is 0 Å². The first-order valence-corrected chi connectivity index (χ1v) is 7.98. The predicted octanol–water partition coefficient (Wildman–Crippen LogP) is 2.91.